The van der Waals surface area contributed by atoms with Crippen LogP contribution in [-0.4, -0.2) is 0 Å². The van der Waals surface area contributed by atoms with Crippen LogP contribution in [0.2, 0.25) is 0 Å². The highest BCUT2D eigenvalue weighted by molar-refractivity contribution is 5.98. The van der Waals surface area contributed by atoms with Gasteiger partial charge in [-0.05, 0) is 92.1 Å². The molecule has 1 N–H and O–H groups in total. The minimum absolute atomic E-state index is 0.0158. The third-order valence-corrected chi connectivity index (χ3v) is 10.5. The topological polar surface area (TPSA) is 15.3 Å². The Kier molecular flexibility index (Phi) is 5.89. The van der Waals surface area contributed by atoms with Crippen molar-refractivity contribution >= 4 is 34.4 Å². The van der Waals surface area contributed by atoms with E-state index in [2.05, 4.69) is 192 Å². The van der Waals surface area contributed by atoms with Crippen molar-refractivity contribution in [3.63, 3.8) is 0 Å². The van der Waals surface area contributed by atoms with E-state index in [9.17, 15) is 0 Å². The van der Waals surface area contributed by atoms with Crippen molar-refractivity contribution in [1.82, 2.24) is 0 Å². The maximum atomic E-state index is 3.89. The number of rotatable bonds is 3. The molecule has 7 aromatic rings. The number of para-hydroxylation sites is 3. The van der Waals surface area contributed by atoms with Crippen LogP contribution in [0.25, 0.3) is 22.8 Å². The van der Waals surface area contributed by atoms with Crippen LogP contribution in [0.3, 0.4) is 0 Å². The highest BCUT2D eigenvalue weighted by Crippen LogP contribution is 2.63. The minimum Gasteiger partial charge on any atom is -0.374 e. The summed E-state index contributed by atoms with van der Waals surface area (Å²) < 4.78 is 0. The Morgan fingerprint density at radius 3 is 1.81 bits per heavy atom. The largest absolute Gasteiger partial charge is 0.374 e. The van der Waals surface area contributed by atoms with Gasteiger partial charge in [0.15, 0.2) is 0 Å². The minimum atomic E-state index is -0.451. The lowest BCUT2D eigenvalue weighted by molar-refractivity contribution is 0.752. The van der Waals surface area contributed by atoms with Crippen molar-refractivity contribution < 1.29 is 0 Å². The average Bonchev–Trinajstić information content (AvgIpc) is 3.46. The molecule has 2 aliphatic heterocycles. The zero-order chi connectivity index (χ0) is 31.7. The maximum absolute atomic E-state index is 3.89. The first-order valence-corrected chi connectivity index (χ1v) is 16.7. The van der Waals surface area contributed by atoms with Crippen LogP contribution in [0, 0.1) is 0 Å². The van der Waals surface area contributed by atoms with Crippen LogP contribution in [0.4, 0.5) is 22.7 Å². The summed E-state index contributed by atoms with van der Waals surface area (Å²) in [5, 5.41) is 3.89. The van der Waals surface area contributed by atoms with E-state index in [1.54, 1.807) is 0 Å². The highest BCUT2D eigenvalue weighted by atomic mass is 15.2. The predicted octanol–water partition coefficient (Wildman–Crippen LogP) is 11.5. The number of fused-ring (bicyclic) bond motifs is 10. The molecular formula is C46H32N2. The van der Waals surface area contributed by atoms with E-state index in [0.717, 1.165) is 11.4 Å². The predicted molar refractivity (Wildman–Crippen MR) is 199 cm³/mol. The highest BCUT2D eigenvalue weighted by Gasteiger charge is 2.51. The molecular weight excluding hydrogens is 581 g/mol. The third-order valence-electron chi connectivity index (χ3n) is 10.5. The van der Waals surface area contributed by atoms with Crippen LogP contribution in [0.1, 0.15) is 45.0 Å². The summed E-state index contributed by atoms with van der Waals surface area (Å²) in [5.74, 6) is 0. The Labute approximate surface area is 281 Å². The van der Waals surface area contributed by atoms with E-state index in [1.807, 2.05) is 0 Å². The molecule has 2 nitrogen and oxygen atoms in total. The molecule has 1 aliphatic carbocycles. The van der Waals surface area contributed by atoms with Crippen molar-refractivity contribution in [1.29, 1.82) is 0 Å². The molecule has 2 heteroatoms. The summed E-state index contributed by atoms with van der Waals surface area (Å²) in [6.45, 7) is 0. The molecule has 0 amide bonds. The van der Waals surface area contributed by atoms with Gasteiger partial charge in [0, 0.05) is 11.4 Å². The standard InChI is InChI=1S/C46H32N2/c1-3-15-31(16-4-1)45-37(29-33-17-7-13-25-42(33)47-45)32-27-28-41-44(30-32)48(34-18-5-2-6-19-34)43-26-14-12-24-40(43)46(41)38-22-10-8-20-35(38)36-21-9-11-23-39(36)46/h1-30,45,47H. The Hall–Kier alpha value is -6.12. The first-order chi connectivity index (χ1) is 23.8. The molecule has 0 radical (unpaired) electrons. The Morgan fingerprint density at radius 2 is 1.06 bits per heavy atom. The zero-order valence-corrected chi connectivity index (χ0v) is 26.3. The van der Waals surface area contributed by atoms with E-state index < -0.39 is 5.41 Å². The quantitative estimate of drug-likeness (QED) is 0.214. The summed E-state index contributed by atoms with van der Waals surface area (Å²) in [7, 11) is 0. The molecule has 0 aromatic heterocycles. The average molecular weight is 613 g/mol. The van der Waals surface area contributed by atoms with Gasteiger partial charge in [0.2, 0.25) is 0 Å². The summed E-state index contributed by atoms with van der Waals surface area (Å²) in [4.78, 5) is 2.48. The molecule has 0 saturated carbocycles. The zero-order valence-electron chi connectivity index (χ0n) is 26.3. The normalized spacial score (nSPS) is 16.1. The van der Waals surface area contributed by atoms with Crippen LogP contribution in [0.15, 0.2) is 176 Å². The molecule has 48 heavy (non-hydrogen) atoms. The lowest BCUT2D eigenvalue weighted by Gasteiger charge is -2.45. The molecule has 226 valence electrons. The maximum Gasteiger partial charge on any atom is 0.0773 e. The van der Waals surface area contributed by atoms with Gasteiger partial charge in [-0.25, -0.2) is 0 Å². The second-order valence-electron chi connectivity index (χ2n) is 12.9. The summed E-state index contributed by atoms with van der Waals surface area (Å²) in [6, 6.07) is 64.6. The van der Waals surface area contributed by atoms with E-state index >= 15 is 0 Å². The van der Waals surface area contributed by atoms with Gasteiger partial charge in [-0.3, -0.25) is 0 Å². The molecule has 2 heterocycles. The monoisotopic (exact) mass is 612 g/mol. The lowest BCUT2D eigenvalue weighted by atomic mass is 9.64. The number of nitrogens with zero attached hydrogens (tertiary/aromatic N) is 1. The molecule has 3 aliphatic rings. The van der Waals surface area contributed by atoms with E-state index in [0.29, 0.717) is 0 Å². The van der Waals surface area contributed by atoms with E-state index in [-0.39, 0.29) is 6.04 Å². The molecule has 10 rings (SSSR count). The number of nitrogens with one attached hydrogen (secondary N) is 1. The smallest absolute Gasteiger partial charge is 0.0773 e. The van der Waals surface area contributed by atoms with Gasteiger partial charge in [-0.15, -0.1) is 0 Å². The summed E-state index contributed by atoms with van der Waals surface area (Å²) in [5.41, 5.74) is 17.1. The molecule has 1 atom stereocenters. The summed E-state index contributed by atoms with van der Waals surface area (Å²) in [6.07, 6.45) is 2.38. The van der Waals surface area contributed by atoms with Crippen LogP contribution >= 0.6 is 0 Å². The van der Waals surface area contributed by atoms with E-state index in [1.165, 1.54) is 67.0 Å². The van der Waals surface area contributed by atoms with Crippen molar-refractivity contribution in [2.24, 2.45) is 0 Å². The molecule has 7 aromatic carbocycles. The van der Waals surface area contributed by atoms with Crippen LogP contribution < -0.4 is 10.2 Å². The van der Waals surface area contributed by atoms with Gasteiger partial charge in [0.25, 0.3) is 0 Å². The first-order valence-electron chi connectivity index (χ1n) is 16.7. The van der Waals surface area contributed by atoms with Crippen LogP contribution in [-0.2, 0) is 5.41 Å². The number of hydrogen-bond donors (Lipinski definition) is 1. The second kappa shape index (κ2) is 10.4. The fraction of sp³-hybridized carbons (Fsp3) is 0.0435. The number of hydrogen-bond acceptors (Lipinski definition) is 2. The van der Waals surface area contributed by atoms with Gasteiger partial charge in [0.05, 0.1) is 22.8 Å². The molecule has 1 spiro atoms. The first kappa shape index (κ1) is 27.0. The lowest BCUT2D eigenvalue weighted by Crippen LogP contribution is -2.36. The molecule has 0 fully saturated rings. The second-order valence-corrected chi connectivity index (χ2v) is 12.9. The Bertz CT molecular complexity index is 2340. The third kappa shape index (κ3) is 3.74. The number of anilines is 4. The van der Waals surface area contributed by atoms with Crippen LogP contribution in [0.5, 0.6) is 0 Å². The molecule has 1 unspecified atom stereocenters. The van der Waals surface area contributed by atoms with Gasteiger partial charge in [-0.2, -0.15) is 0 Å². The van der Waals surface area contributed by atoms with E-state index in [4.69, 9.17) is 0 Å². The Balaban J connectivity index is 1.29. The number of benzene rings is 7. The fourth-order valence-electron chi connectivity index (χ4n) is 8.54. The summed E-state index contributed by atoms with van der Waals surface area (Å²) >= 11 is 0. The van der Waals surface area contributed by atoms with Crippen molar-refractivity contribution in [2.75, 3.05) is 10.2 Å². The van der Waals surface area contributed by atoms with Gasteiger partial charge >= 0.3 is 0 Å². The van der Waals surface area contributed by atoms with Crippen molar-refractivity contribution in [3.05, 3.63) is 215 Å². The van der Waals surface area contributed by atoms with Crippen molar-refractivity contribution in [2.45, 2.75) is 11.5 Å². The van der Waals surface area contributed by atoms with Gasteiger partial charge in [-0.1, -0.05) is 146 Å². The van der Waals surface area contributed by atoms with Gasteiger partial charge < -0.3 is 10.2 Å². The molecule has 0 saturated heterocycles. The Morgan fingerprint density at radius 1 is 0.479 bits per heavy atom. The SMILES string of the molecule is C1=C(c2ccc3c(c2)N(c2ccccc2)c2ccccc2C32c3ccccc3-c3ccccc32)C(c2ccccc2)Nc2ccccc21. The molecule has 0 bridgehead atoms. The van der Waals surface area contributed by atoms with Crippen molar-refractivity contribution in [3.8, 4) is 11.1 Å². The van der Waals surface area contributed by atoms with Gasteiger partial charge in [0.1, 0.15) is 0 Å². The fourth-order valence-corrected chi connectivity index (χ4v) is 8.54.